The van der Waals surface area contributed by atoms with Gasteiger partial charge in [-0.05, 0) is 25.9 Å². The van der Waals surface area contributed by atoms with Crippen LogP contribution in [0.4, 0.5) is 0 Å². The summed E-state index contributed by atoms with van der Waals surface area (Å²) in [5.74, 6) is -0.430. The van der Waals surface area contributed by atoms with E-state index in [1.54, 1.807) is 5.38 Å². The number of hydrogen-bond acceptors (Lipinski definition) is 4. The SMILES string of the molecule is NC(=O)c1csc(CCN2CCCCC2)n1. The summed E-state index contributed by atoms with van der Waals surface area (Å²) in [6.45, 7) is 3.45. The Bertz CT molecular complexity index is 358. The molecular formula is C11H17N3OS. The van der Waals surface area contributed by atoms with E-state index in [0.717, 1.165) is 18.0 Å². The van der Waals surface area contributed by atoms with Crippen LogP contribution in [0.5, 0.6) is 0 Å². The van der Waals surface area contributed by atoms with Gasteiger partial charge in [-0.25, -0.2) is 4.98 Å². The number of carbonyl (C=O) groups is 1. The average molecular weight is 239 g/mol. The Hall–Kier alpha value is -0.940. The molecule has 0 spiro atoms. The van der Waals surface area contributed by atoms with Gasteiger partial charge in [0.05, 0.1) is 5.01 Å². The van der Waals surface area contributed by atoms with Crippen molar-refractivity contribution in [2.75, 3.05) is 19.6 Å². The van der Waals surface area contributed by atoms with Crippen LogP contribution in [0, 0.1) is 0 Å². The second kappa shape index (κ2) is 5.41. The van der Waals surface area contributed by atoms with Crippen molar-refractivity contribution in [3.63, 3.8) is 0 Å². The molecule has 2 heterocycles. The molecule has 1 aliphatic heterocycles. The van der Waals surface area contributed by atoms with Crippen molar-refractivity contribution in [1.29, 1.82) is 0 Å². The predicted octanol–water partition coefficient (Wildman–Crippen LogP) is 1.27. The summed E-state index contributed by atoms with van der Waals surface area (Å²) < 4.78 is 0. The lowest BCUT2D eigenvalue weighted by molar-refractivity contribution is 0.0996. The molecule has 1 aromatic rings. The zero-order valence-corrected chi connectivity index (χ0v) is 10.1. The molecule has 1 amide bonds. The van der Waals surface area contributed by atoms with Gasteiger partial charge in [0, 0.05) is 18.3 Å². The van der Waals surface area contributed by atoms with E-state index in [9.17, 15) is 4.79 Å². The maximum Gasteiger partial charge on any atom is 0.268 e. The van der Waals surface area contributed by atoms with E-state index in [1.165, 1.54) is 43.7 Å². The molecule has 1 aromatic heterocycles. The molecule has 2 rings (SSSR count). The topological polar surface area (TPSA) is 59.2 Å². The van der Waals surface area contributed by atoms with Crippen molar-refractivity contribution >= 4 is 17.2 Å². The third-order valence-corrected chi connectivity index (χ3v) is 3.80. The molecule has 0 aromatic carbocycles. The number of amides is 1. The van der Waals surface area contributed by atoms with Crippen LogP contribution in [0.15, 0.2) is 5.38 Å². The minimum Gasteiger partial charge on any atom is -0.364 e. The number of nitrogens with two attached hydrogens (primary N) is 1. The summed E-state index contributed by atoms with van der Waals surface area (Å²) in [5, 5.41) is 2.76. The van der Waals surface area contributed by atoms with Crippen LogP contribution in [-0.2, 0) is 6.42 Å². The van der Waals surface area contributed by atoms with Crippen LogP contribution in [0.25, 0.3) is 0 Å². The van der Waals surface area contributed by atoms with E-state index in [1.807, 2.05) is 0 Å². The average Bonchev–Trinajstić information content (AvgIpc) is 2.76. The smallest absolute Gasteiger partial charge is 0.268 e. The van der Waals surface area contributed by atoms with E-state index < -0.39 is 5.91 Å². The molecule has 2 N–H and O–H groups in total. The van der Waals surface area contributed by atoms with Gasteiger partial charge in [0.25, 0.3) is 5.91 Å². The van der Waals surface area contributed by atoms with Crippen LogP contribution in [-0.4, -0.2) is 35.4 Å². The van der Waals surface area contributed by atoms with Gasteiger partial charge in [0.1, 0.15) is 5.69 Å². The number of piperidine rings is 1. The molecule has 0 atom stereocenters. The maximum atomic E-state index is 10.9. The largest absolute Gasteiger partial charge is 0.364 e. The van der Waals surface area contributed by atoms with E-state index >= 15 is 0 Å². The summed E-state index contributed by atoms with van der Waals surface area (Å²) in [6, 6.07) is 0. The molecule has 0 radical (unpaired) electrons. The molecule has 0 aliphatic carbocycles. The van der Waals surface area contributed by atoms with Gasteiger partial charge in [0.15, 0.2) is 0 Å². The van der Waals surface area contributed by atoms with Gasteiger partial charge >= 0.3 is 0 Å². The Morgan fingerprint density at radius 3 is 2.81 bits per heavy atom. The number of primary amides is 1. The summed E-state index contributed by atoms with van der Waals surface area (Å²) >= 11 is 1.53. The van der Waals surface area contributed by atoms with Gasteiger partial charge in [-0.2, -0.15) is 0 Å². The minimum atomic E-state index is -0.430. The summed E-state index contributed by atoms with van der Waals surface area (Å²) in [5.41, 5.74) is 5.56. The third-order valence-electron chi connectivity index (χ3n) is 2.89. The van der Waals surface area contributed by atoms with Gasteiger partial charge in [0.2, 0.25) is 0 Å². The zero-order chi connectivity index (χ0) is 11.4. The first-order chi connectivity index (χ1) is 7.75. The zero-order valence-electron chi connectivity index (χ0n) is 9.32. The van der Waals surface area contributed by atoms with Crippen molar-refractivity contribution in [3.05, 3.63) is 16.1 Å². The molecule has 0 unspecified atom stereocenters. The summed E-state index contributed by atoms with van der Waals surface area (Å²) in [7, 11) is 0. The third kappa shape index (κ3) is 3.02. The molecule has 5 heteroatoms. The first-order valence-electron chi connectivity index (χ1n) is 5.72. The fourth-order valence-electron chi connectivity index (χ4n) is 1.98. The molecule has 1 saturated heterocycles. The lowest BCUT2D eigenvalue weighted by Crippen LogP contribution is -2.31. The van der Waals surface area contributed by atoms with Crippen LogP contribution >= 0.6 is 11.3 Å². The number of nitrogens with zero attached hydrogens (tertiary/aromatic N) is 2. The van der Waals surface area contributed by atoms with E-state index in [4.69, 9.17) is 5.73 Å². The summed E-state index contributed by atoms with van der Waals surface area (Å²) in [6.07, 6.45) is 4.91. The highest BCUT2D eigenvalue weighted by Crippen LogP contribution is 2.13. The molecule has 16 heavy (non-hydrogen) atoms. The highest BCUT2D eigenvalue weighted by molar-refractivity contribution is 7.09. The van der Waals surface area contributed by atoms with E-state index in [2.05, 4.69) is 9.88 Å². The fraction of sp³-hybridized carbons (Fsp3) is 0.636. The quantitative estimate of drug-likeness (QED) is 0.860. The number of carbonyl (C=O) groups excluding carboxylic acids is 1. The Balaban J connectivity index is 1.81. The standard InChI is InChI=1S/C11H17N3OS/c12-11(15)9-8-16-10(13-9)4-7-14-5-2-1-3-6-14/h8H,1-7H2,(H2,12,15). The van der Waals surface area contributed by atoms with Crippen molar-refractivity contribution in [2.24, 2.45) is 5.73 Å². The van der Waals surface area contributed by atoms with Gasteiger partial charge in [-0.3, -0.25) is 4.79 Å². The lowest BCUT2D eigenvalue weighted by atomic mass is 10.1. The Labute approximate surface area is 99.5 Å². The monoisotopic (exact) mass is 239 g/mol. The second-order valence-electron chi connectivity index (χ2n) is 4.14. The van der Waals surface area contributed by atoms with Gasteiger partial charge < -0.3 is 10.6 Å². The van der Waals surface area contributed by atoms with Crippen LogP contribution < -0.4 is 5.73 Å². The molecular weight excluding hydrogens is 222 g/mol. The predicted molar refractivity (Wildman–Crippen MR) is 64.6 cm³/mol. The molecule has 0 saturated carbocycles. The van der Waals surface area contributed by atoms with Gasteiger partial charge in [-0.15, -0.1) is 11.3 Å². The Kier molecular flexibility index (Phi) is 3.90. The van der Waals surface area contributed by atoms with E-state index in [-0.39, 0.29) is 0 Å². The normalized spacial score (nSPS) is 17.5. The number of likely N-dealkylation sites (tertiary alicyclic amines) is 1. The van der Waals surface area contributed by atoms with Crippen molar-refractivity contribution in [3.8, 4) is 0 Å². The van der Waals surface area contributed by atoms with Crippen molar-refractivity contribution < 1.29 is 4.79 Å². The molecule has 4 nitrogen and oxygen atoms in total. The van der Waals surface area contributed by atoms with Crippen LogP contribution in [0.1, 0.15) is 34.8 Å². The number of aromatic nitrogens is 1. The molecule has 1 fully saturated rings. The molecule has 0 bridgehead atoms. The highest BCUT2D eigenvalue weighted by atomic mass is 32.1. The number of hydrogen-bond donors (Lipinski definition) is 1. The number of thiazole rings is 1. The molecule has 88 valence electrons. The summed E-state index contributed by atoms with van der Waals surface area (Å²) in [4.78, 5) is 17.6. The maximum absolute atomic E-state index is 10.9. The van der Waals surface area contributed by atoms with Crippen molar-refractivity contribution in [1.82, 2.24) is 9.88 Å². The van der Waals surface area contributed by atoms with Gasteiger partial charge in [-0.1, -0.05) is 6.42 Å². The number of rotatable bonds is 4. The first-order valence-corrected chi connectivity index (χ1v) is 6.60. The first kappa shape index (κ1) is 11.5. The Morgan fingerprint density at radius 1 is 1.44 bits per heavy atom. The second-order valence-corrected chi connectivity index (χ2v) is 5.09. The highest BCUT2D eigenvalue weighted by Gasteiger charge is 2.11. The van der Waals surface area contributed by atoms with Crippen LogP contribution in [0.3, 0.4) is 0 Å². The fourth-order valence-corrected chi connectivity index (χ4v) is 2.75. The van der Waals surface area contributed by atoms with Crippen molar-refractivity contribution in [2.45, 2.75) is 25.7 Å². The Morgan fingerprint density at radius 2 is 2.19 bits per heavy atom. The molecule has 1 aliphatic rings. The van der Waals surface area contributed by atoms with Crippen LogP contribution in [0.2, 0.25) is 0 Å². The van der Waals surface area contributed by atoms with E-state index in [0.29, 0.717) is 5.69 Å². The minimum absolute atomic E-state index is 0.402. The lowest BCUT2D eigenvalue weighted by Gasteiger charge is -2.25.